The van der Waals surface area contributed by atoms with Crippen LogP contribution in [0.3, 0.4) is 0 Å². The molecule has 0 spiro atoms. The monoisotopic (exact) mass is 271 g/mol. The summed E-state index contributed by atoms with van der Waals surface area (Å²) in [5.74, 6) is 0.892. The molecule has 0 saturated heterocycles. The average molecular weight is 271 g/mol. The molecule has 0 unspecified atom stereocenters. The van der Waals surface area contributed by atoms with Crippen LogP contribution in [0.1, 0.15) is 11.3 Å². The van der Waals surface area contributed by atoms with E-state index in [-0.39, 0.29) is 12.5 Å². The van der Waals surface area contributed by atoms with Crippen molar-refractivity contribution in [3.63, 3.8) is 0 Å². The number of para-hydroxylation sites is 1. The Kier molecular flexibility index (Phi) is 4.68. The SMILES string of the molecule is Cc1cccc(NC(=O)COc2ccccc2CN)n1. The summed E-state index contributed by atoms with van der Waals surface area (Å²) in [6.45, 7) is 2.16. The van der Waals surface area contributed by atoms with Crippen molar-refractivity contribution in [3.05, 3.63) is 53.7 Å². The van der Waals surface area contributed by atoms with Crippen LogP contribution in [0.15, 0.2) is 42.5 Å². The summed E-state index contributed by atoms with van der Waals surface area (Å²) in [5, 5.41) is 2.68. The zero-order chi connectivity index (χ0) is 14.4. The zero-order valence-electron chi connectivity index (χ0n) is 11.3. The van der Waals surface area contributed by atoms with Gasteiger partial charge >= 0.3 is 0 Å². The van der Waals surface area contributed by atoms with Gasteiger partial charge in [0, 0.05) is 17.8 Å². The van der Waals surface area contributed by atoms with Gasteiger partial charge in [0.15, 0.2) is 6.61 Å². The maximum atomic E-state index is 11.8. The molecule has 1 amide bonds. The van der Waals surface area contributed by atoms with Crippen LogP contribution < -0.4 is 15.8 Å². The number of hydrogen-bond donors (Lipinski definition) is 2. The number of nitrogens with zero attached hydrogens (tertiary/aromatic N) is 1. The zero-order valence-corrected chi connectivity index (χ0v) is 11.3. The highest BCUT2D eigenvalue weighted by molar-refractivity contribution is 5.90. The molecule has 5 heteroatoms. The molecule has 104 valence electrons. The molecule has 0 aliphatic heterocycles. The lowest BCUT2D eigenvalue weighted by atomic mass is 10.2. The van der Waals surface area contributed by atoms with E-state index >= 15 is 0 Å². The van der Waals surface area contributed by atoms with Crippen molar-refractivity contribution >= 4 is 11.7 Å². The summed E-state index contributed by atoms with van der Waals surface area (Å²) >= 11 is 0. The number of carbonyl (C=O) groups excluding carboxylic acids is 1. The number of benzene rings is 1. The fourth-order valence-corrected chi connectivity index (χ4v) is 1.75. The van der Waals surface area contributed by atoms with Crippen LogP contribution >= 0.6 is 0 Å². The number of carbonyl (C=O) groups is 1. The van der Waals surface area contributed by atoms with Gasteiger partial charge in [0.05, 0.1) is 0 Å². The molecule has 0 atom stereocenters. The van der Waals surface area contributed by atoms with Crippen LogP contribution in [0.5, 0.6) is 5.75 Å². The maximum absolute atomic E-state index is 11.8. The molecule has 20 heavy (non-hydrogen) atoms. The van der Waals surface area contributed by atoms with Crippen LogP contribution in [0.4, 0.5) is 5.82 Å². The predicted octanol–water partition coefficient (Wildman–Crippen LogP) is 1.87. The fraction of sp³-hybridized carbons (Fsp3) is 0.200. The lowest BCUT2D eigenvalue weighted by molar-refractivity contribution is -0.118. The van der Waals surface area contributed by atoms with Gasteiger partial charge in [0.1, 0.15) is 11.6 Å². The van der Waals surface area contributed by atoms with Crippen molar-refractivity contribution in [1.29, 1.82) is 0 Å². The minimum Gasteiger partial charge on any atom is -0.483 e. The Bertz CT molecular complexity index is 599. The summed E-state index contributed by atoms with van der Waals surface area (Å²) in [7, 11) is 0. The van der Waals surface area contributed by atoms with Gasteiger partial charge in [-0.25, -0.2) is 4.98 Å². The van der Waals surface area contributed by atoms with Crippen LogP contribution in [-0.4, -0.2) is 17.5 Å². The third-order valence-corrected chi connectivity index (χ3v) is 2.71. The molecule has 2 aromatic rings. The van der Waals surface area contributed by atoms with Gasteiger partial charge in [0.2, 0.25) is 0 Å². The second-order valence-electron chi connectivity index (χ2n) is 4.31. The Balaban J connectivity index is 1.92. The molecule has 2 rings (SSSR count). The van der Waals surface area contributed by atoms with Gasteiger partial charge in [-0.1, -0.05) is 24.3 Å². The molecule has 1 aromatic carbocycles. The molecule has 0 radical (unpaired) electrons. The van der Waals surface area contributed by atoms with E-state index in [4.69, 9.17) is 10.5 Å². The first kappa shape index (κ1) is 14.0. The normalized spacial score (nSPS) is 10.1. The summed E-state index contributed by atoms with van der Waals surface area (Å²) in [6, 6.07) is 12.8. The summed E-state index contributed by atoms with van der Waals surface area (Å²) < 4.78 is 5.47. The highest BCUT2D eigenvalue weighted by Crippen LogP contribution is 2.16. The van der Waals surface area contributed by atoms with Crippen LogP contribution in [0.25, 0.3) is 0 Å². The lowest BCUT2D eigenvalue weighted by Crippen LogP contribution is -2.21. The largest absolute Gasteiger partial charge is 0.483 e. The van der Waals surface area contributed by atoms with Gasteiger partial charge < -0.3 is 15.8 Å². The van der Waals surface area contributed by atoms with E-state index in [9.17, 15) is 4.79 Å². The number of pyridine rings is 1. The standard InChI is InChI=1S/C15H17N3O2/c1-11-5-4-8-14(17-11)18-15(19)10-20-13-7-3-2-6-12(13)9-16/h2-8H,9-10,16H2,1H3,(H,17,18,19). The second-order valence-corrected chi connectivity index (χ2v) is 4.31. The van der Waals surface area contributed by atoms with E-state index in [1.54, 1.807) is 12.1 Å². The van der Waals surface area contributed by atoms with Gasteiger partial charge in [-0.2, -0.15) is 0 Å². The summed E-state index contributed by atoms with van der Waals surface area (Å²) in [5.41, 5.74) is 7.32. The average Bonchev–Trinajstić information content (AvgIpc) is 2.45. The quantitative estimate of drug-likeness (QED) is 0.870. The molecule has 3 N–H and O–H groups in total. The van der Waals surface area contributed by atoms with E-state index < -0.39 is 0 Å². The first-order valence-electron chi connectivity index (χ1n) is 6.33. The van der Waals surface area contributed by atoms with E-state index in [0.29, 0.717) is 18.1 Å². The van der Waals surface area contributed by atoms with Gasteiger partial charge in [-0.3, -0.25) is 4.79 Å². The van der Waals surface area contributed by atoms with E-state index in [1.165, 1.54) is 0 Å². The number of nitrogens with two attached hydrogens (primary N) is 1. The molecule has 1 heterocycles. The van der Waals surface area contributed by atoms with Crippen LogP contribution in [0, 0.1) is 6.92 Å². The third-order valence-electron chi connectivity index (χ3n) is 2.71. The molecule has 0 fully saturated rings. The Morgan fingerprint density at radius 2 is 2.05 bits per heavy atom. The van der Waals surface area contributed by atoms with Crippen LogP contribution in [-0.2, 0) is 11.3 Å². The number of aromatic nitrogens is 1. The van der Waals surface area contributed by atoms with Crippen LogP contribution in [0.2, 0.25) is 0 Å². The Hall–Kier alpha value is -2.40. The number of anilines is 1. The minimum absolute atomic E-state index is 0.0768. The van der Waals surface area contributed by atoms with Crippen molar-refractivity contribution in [2.24, 2.45) is 5.73 Å². The van der Waals surface area contributed by atoms with E-state index in [2.05, 4.69) is 10.3 Å². The van der Waals surface area contributed by atoms with Gasteiger partial charge in [-0.15, -0.1) is 0 Å². The van der Waals surface area contributed by atoms with Crippen molar-refractivity contribution in [1.82, 2.24) is 4.98 Å². The Morgan fingerprint density at radius 1 is 1.25 bits per heavy atom. The first-order chi connectivity index (χ1) is 9.69. The van der Waals surface area contributed by atoms with Crippen molar-refractivity contribution in [3.8, 4) is 5.75 Å². The molecule has 5 nitrogen and oxygen atoms in total. The lowest BCUT2D eigenvalue weighted by Gasteiger charge is -2.10. The number of hydrogen-bond acceptors (Lipinski definition) is 4. The highest BCUT2D eigenvalue weighted by atomic mass is 16.5. The molecule has 0 bridgehead atoms. The van der Waals surface area contributed by atoms with Gasteiger partial charge in [0.25, 0.3) is 5.91 Å². The fourth-order valence-electron chi connectivity index (χ4n) is 1.75. The number of ether oxygens (including phenoxy) is 1. The van der Waals surface area contributed by atoms with Gasteiger partial charge in [-0.05, 0) is 25.1 Å². The summed E-state index contributed by atoms with van der Waals surface area (Å²) in [4.78, 5) is 16.0. The predicted molar refractivity (Wildman–Crippen MR) is 77.4 cm³/mol. The summed E-state index contributed by atoms with van der Waals surface area (Å²) in [6.07, 6.45) is 0. The van der Waals surface area contributed by atoms with Crippen molar-refractivity contribution in [2.45, 2.75) is 13.5 Å². The highest BCUT2D eigenvalue weighted by Gasteiger charge is 2.06. The molecule has 1 aromatic heterocycles. The maximum Gasteiger partial charge on any atom is 0.263 e. The smallest absolute Gasteiger partial charge is 0.263 e. The Morgan fingerprint density at radius 3 is 2.80 bits per heavy atom. The molecule has 0 aliphatic rings. The second kappa shape index (κ2) is 6.68. The van der Waals surface area contributed by atoms with E-state index in [0.717, 1.165) is 11.3 Å². The number of aryl methyl sites for hydroxylation is 1. The Labute approximate surface area is 117 Å². The van der Waals surface area contributed by atoms with Crippen molar-refractivity contribution in [2.75, 3.05) is 11.9 Å². The molecular formula is C15H17N3O2. The number of nitrogens with one attached hydrogen (secondary N) is 1. The molecular weight excluding hydrogens is 254 g/mol. The van der Waals surface area contributed by atoms with Crippen molar-refractivity contribution < 1.29 is 9.53 Å². The number of rotatable bonds is 5. The topological polar surface area (TPSA) is 77.2 Å². The minimum atomic E-state index is -0.255. The first-order valence-corrected chi connectivity index (χ1v) is 6.33. The third kappa shape index (κ3) is 3.80. The molecule has 0 saturated carbocycles. The number of amides is 1. The molecule has 0 aliphatic carbocycles. The van der Waals surface area contributed by atoms with E-state index in [1.807, 2.05) is 37.3 Å².